The molecular formula is C11H14ClN5. The third kappa shape index (κ3) is 2.57. The van der Waals surface area contributed by atoms with E-state index in [-0.39, 0.29) is 6.04 Å². The maximum absolute atomic E-state index is 6.19. The summed E-state index contributed by atoms with van der Waals surface area (Å²) in [7, 11) is 0. The largest absolute Gasteiger partial charge is 0.380 e. The van der Waals surface area contributed by atoms with Crippen LogP contribution in [-0.2, 0) is 0 Å². The molecule has 17 heavy (non-hydrogen) atoms. The van der Waals surface area contributed by atoms with Gasteiger partial charge in [-0.2, -0.15) is 5.10 Å². The van der Waals surface area contributed by atoms with Gasteiger partial charge < -0.3 is 11.1 Å². The Morgan fingerprint density at radius 2 is 2.35 bits per heavy atom. The van der Waals surface area contributed by atoms with Crippen LogP contribution < -0.4 is 11.1 Å². The van der Waals surface area contributed by atoms with Crippen molar-refractivity contribution in [1.29, 1.82) is 0 Å². The Morgan fingerprint density at radius 3 is 3.00 bits per heavy atom. The van der Waals surface area contributed by atoms with Gasteiger partial charge in [-0.1, -0.05) is 17.7 Å². The molecule has 6 heteroatoms. The van der Waals surface area contributed by atoms with Crippen LogP contribution in [0.15, 0.2) is 30.9 Å². The number of hydrogen-bond donors (Lipinski definition) is 2. The molecule has 90 valence electrons. The fraction of sp³-hybridized carbons (Fsp3) is 0.273. The van der Waals surface area contributed by atoms with Crippen molar-refractivity contribution in [2.45, 2.75) is 13.0 Å². The minimum Gasteiger partial charge on any atom is -0.380 e. The lowest BCUT2D eigenvalue weighted by molar-refractivity contribution is 0.797. The monoisotopic (exact) mass is 251 g/mol. The Bertz CT molecular complexity index is 483. The van der Waals surface area contributed by atoms with Crippen molar-refractivity contribution in [2.24, 2.45) is 5.73 Å². The van der Waals surface area contributed by atoms with Gasteiger partial charge in [-0.15, -0.1) is 0 Å². The number of nitrogens with two attached hydrogens (primary N) is 1. The summed E-state index contributed by atoms with van der Waals surface area (Å²) in [5.74, 6) is 0. The van der Waals surface area contributed by atoms with E-state index in [1.807, 2.05) is 25.1 Å². The average molecular weight is 252 g/mol. The lowest BCUT2D eigenvalue weighted by Gasteiger charge is -2.17. The van der Waals surface area contributed by atoms with Gasteiger partial charge in [-0.25, -0.2) is 9.67 Å². The molecule has 0 fully saturated rings. The Balaban J connectivity index is 2.42. The van der Waals surface area contributed by atoms with Crippen LogP contribution in [-0.4, -0.2) is 27.4 Å². The second-order valence-electron chi connectivity index (χ2n) is 3.76. The summed E-state index contributed by atoms with van der Waals surface area (Å²) in [6, 6.07) is 5.80. The maximum atomic E-state index is 6.19. The average Bonchev–Trinajstić information content (AvgIpc) is 2.82. The summed E-state index contributed by atoms with van der Waals surface area (Å²) < 4.78 is 1.63. The molecule has 1 unspecified atom stereocenters. The number of benzene rings is 1. The molecule has 2 aromatic rings. The van der Waals surface area contributed by atoms with E-state index in [0.29, 0.717) is 11.6 Å². The highest BCUT2D eigenvalue weighted by Crippen LogP contribution is 2.27. The summed E-state index contributed by atoms with van der Waals surface area (Å²) in [6.45, 7) is 2.55. The van der Waals surface area contributed by atoms with Crippen LogP contribution in [0, 0.1) is 0 Å². The van der Waals surface area contributed by atoms with E-state index in [1.165, 1.54) is 6.33 Å². The van der Waals surface area contributed by atoms with Gasteiger partial charge in [0.25, 0.3) is 0 Å². The van der Waals surface area contributed by atoms with Crippen molar-refractivity contribution < 1.29 is 0 Å². The van der Waals surface area contributed by atoms with Crippen molar-refractivity contribution in [2.75, 3.05) is 11.9 Å². The third-order valence-corrected chi connectivity index (χ3v) is 2.70. The minimum atomic E-state index is 0.163. The molecule has 0 saturated heterocycles. The number of aromatic nitrogens is 3. The molecule has 0 aliphatic rings. The van der Waals surface area contributed by atoms with Gasteiger partial charge in [0.1, 0.15) is 18.3 Å². The van der Waals surface area contributed by atoms with E-state index in [1.54, 1.807) is 11.0 Å². The van der Waals surface area contributed by atoms with E-state index in [2.05, 4.69) is 15.4 Å². The van der Waals surface area contributed by atoms with Gasteiger partial charge in [0.2, 0.25) is 0 Å². The molecule has 5 nitrogen and oxygen atoms in total. The van der Waals surface area contributed by atoms with Crippen LogP contribution in [0.2, 0.25) is 5.02 Å². The SMILES string of the molecule is CC(CN)Nc1cccc(Cl)c1-n1cncn1. The van der Waals surface area contributed by atoms with E-state index < -0.39 is 0 Å². The molecule has 0 radical (unpaired) electrons. The molecule has 3 N–H and O–H groups in total. The van der Waals surface area contributed by atoms with Gasteiger partial charge in [0, 0.05) is 12.6 Å². The van der Waals surface area contributed by atoms with Crippen molar-refractivity contribution in [3.8, 4) is 5.69 Å². The van der Waals surface area contributed by atoms with Crippen molar-refractivity contribution in [3.63, 3.8) is 0 Å². The number of halogens is 1. The number of rotatable bonds is 4. The topological polar surface area (TPSA) is 68.8 Å². The maximum Gasteiger partial charge on any atom is 0.138 e. The van der Waals surface area contributed by atoms with Gasteiger partial charge in [0.05, 0.1) is 10.7 Å². The van der Waals surface area contributed by atoms with Crippen molar-refractivity contribution in [3.05, 3.63) is 35.9 Å². The summed E-state index contributed by atoms with van der Waals surface area (Å²) >= 11 is 6.19. The number of hydrogen-bond acceptors (Lipinski definition) is 4. The predicted molar refractivity (Wildman–Crippen MR) is 68.5 cm³/mol. The van der Waals surface area contributed by atoms with Gasteiger partial charge in [-0.3, -0.25) is 0 Å². The standard InChI is InChI=1S/C11H14ClN5/c1-8(5-13)16-10-4-2-3-9(12)11(10)17-7-14-6-15-17/h2-4,6-8,16H,5,13H2,1H3. The highest BCUT2D eigenvalue weighted by atomic mass is 35.5. The van der Waals surface area contributed by atoms with E-state index in [0.717, 1.165) is 11.4 Å². The second kappa shape index (κ2) is 5.16. The highest BCUT2D eigenvalue weighted by Gasteiger charge is 2.11. The lowest BCUT2D eigenvalue weighted by Crippen LogP contribution is -2.25. The zero-order valence-corrected chi connectivity index (χ0v) is 10.2. The molecule has 0 aliphatic heterocycles. The van der Waals surface area contributed by atoms with Gasteiger partial charge >= 0.3 is 0 Å². The Labute approximate surface area is 105 Å². The first-order chi connectivity index (χ1) is 8.22. The Hall–Kier alpha value is -1.59. The quantitative estimate of drug-likeness (QED) is 0.868. The molecular weight excluding hydrogens is 238 g/mol. The molecule has 1 atom stereocenters. The molecule has 0 aliphatic carbocycles. The highest BCUT2D eigenvalue weighted by molar-refractivity contribution is 6.33. The summed E-state index contributed by atoms with van der Waals surface area (Å²) in [6.07, 6.45) is 3.08. The minimum absolute atomic E-state index is 0.163. The Kier molecular flexibility index (Phi) is 3.61. The van der Waals surface area contributed by atoms with E-state index >= 15 is 0 Å². The molecule has 0 spiro atoms. The first kappa shape index (κ1) is 11.9. The zero-order valence-electron chi connectivity index (χ0n) is 9.47. The first-order valence-electron chi connectivity index (χ1n) is 5.32. The van der Waals surface area contributed by atoms with E-state index in [9.17, 15) is 0 Å². The fourth-order valence-corrected chi connectivity index (χ4v) is 1.77. The molecule has 2 rings (SSSR count). The van der Waals surface area contributed by atoms with Gasteiger partial charge in [0.15, 0.2) is 0 Å². The van der Waals surface area contributed by atoms with E-state index in [4.69, 9.17) is 17.3 Å². The molecule has 0 amide bonds. The number of anilines is 1. The van der Waals surface area contributed by atoms with Crippen LogP contribution >= 0.6 is 11.6 Å². The molecule has 1 heterocycles. The summed E-state index contributed by atoms with van der Waals surface area (Å²) in [4.78, 5) is 3.92. The van der Waals surface area contributed by atoms with Crippen LogP contribution in [0.1, 0.15) is 6.92 Å². The smallest absolute Gasteiger partial charge is 0.138 e. The van der Waals surface area contributed by atoms with Crippen molar-refractivity contribution >= 4 is 17.3 Å². The van der Waals surface area contributed by atoms with Crippen molar-refractivity contribution in [1.82, 2.24) is 14.8 Å². The molecule has 0 saturated carbocycles. The van der Waals surface area contributed by atoms with Crippen LogP contribution in [0.4, 0.5) is 5.69 Å². The second-order valence-corrected chi connectivity index (χ2v) is 4.16. The molecule has 0 bridgehead atoms. The van der Waals surface area contributed by atoms with Crippen LogP contribution in [0.5, 0.6) is 0 Å². The number of nitrogens with one attached hydrogen (secondary N) is 1. The number of nitrogens with zero attached hydrogens (tertiary/aromatic N) is 3. The predicted octanol–water partition coefficient (Wildman–Crippen LogP) is 1.68. The normalized spacial score (nSPS) is 12.4. The molecule has 1 aromatic heterocycles. The zero-order chi connectivity index (χ0) is 12.3. The summed E-state index contributed by atoms with van der Waals surface area (Å²) in [5.41, 5.74) is 7.27. The third-order valence-electron chi connectivity index (χ3n) is 2.39. The van der Waals surface area contributed by atoms with Crippen LogP contribution in [0.3, 0.4) is 0 Å². The van der Waals surface area contributed by atoms with Crippen LogP contribution in [0.25, 0.3) is 5.69 Å². The summed E-state index contributed by atoms with van der Waals surface area (Å²) in [5, 5.41) is 8.00. The fourth-order valence-electron chi connectivity index (χ4n) is 1.51. The Morgan fingerprint density at radius 1 is 1.53 bits per heavy atom. The number of para-hydroxylation sites is 1. The lowest BCUT2D eigenvalue weighted by atomic mass is 10.2. The van der Waals surface area contributed by atoms with Gasteiger partial charge in [-0.05, 0) is 19.1 Å². The first-order valence-corrected chi connectivity index (χ1v) is 5.70. The molecule has 1 aromatic carbocycles.